The number of tetrazole rings is 1. The molecule has 0 unspecified atom stereocenters. The first-order valence-corrected chi connectivity index (χ1v) is 7.76. The van der Waals surface area contributed by atoms with Crippen LogP contribution in [0.5, 0.6) is 0 Å². The third kappa shape index (κ3) is 3.51. The smallest absolute Gasteiger partial charge is 0.321 e. The molecule has 118 valence electrons. The lowest BCUT2D eigenvalue weighted by Crippen LogP contribution is -2.31. The van der Waals surface area contributed by atoms with Crippen LogP contribution in [0.15, 0.2) is 36.1 Å². The minimum atomic E-state index is -0.197. The second-order valence-corrected chi connectivity index (χ2v) is 5.94. The van der Waals surface area contributed by atoms with Crippen LogP contribution in [0.25, 0.3) is 5.69 Å². The van der Waals surface area contributed by atoms with Gasteiger partial charge >= 0.3 is 6.03 Å². The van der Waals surface area contributed by atoms with Crippen LogP contribution < -0.4 is 5.32 Å². The fourth-order valence-electron chi connectivity index (χ4n) is 1.98. The first-order valence-electron chi connectivity index (χ1n) is 6.88. The Morgan fingerprint density at radius 1 is 1.43 bits per heavy atom. The zero-order chi connectivity index (χ0) is 16.2. The second-order valence-electron chi connectivity index (χ2n) is 4.97. The van der Waals surface area contributed by atoms with Gasteiger partial charge < -0.3 is 10.2 Å². The summed E-state index contributed by atoms with van der Waals surface area (Å²) >= 11 is 1.52. The summed E-state index contributed by atoms with van der Waals surface area (Å²) in [7, 11) is 1.73. The van der Waals surface area contributed by atoms with E-state index >= 15 is 0 Å². The first kappa shape index (κ1) is 15.1. The van der Waals surface area contributed by atoms with Crippen molar-refractivity contribution in [1.29, 1.82) is 0 Å². The summed E-state index contributed by atoms with van der Waals surface area (Å²) in [6.45, 7) is 2.40. The average Bonchev–Trinajstić information content (AvgIpc) is 3.22. The number of amides is 2. The van der Waals surface area contributed by atoms with E-state index in [0.717, 1.165) is 16.3 Å². The number of hydrogen-bond donors (Lipinski definition) is 1. The number of urea groups is 1. The topological polar surface area (TPSA) is 88.8 Å². The number of thiazole rings is 1. The SMILES string of the molecule is Cc1ccc(-n2cnnn2)cc1NC(=O)N(C)Cc1nccs1. The van der Waals surface area contributed by atoms with Crippen molar-refractivity contribution in [3.63, 3.8) is 0 Å². The quantitative estimate of drug-likeness (QED) is 0.792. The van der Waals surface area contributed by atoms with E-state index in [-0.39, 0.29) is 6.03 Å². The lowest BCUT2D eigenvalue weighted by molar-refractivity contribution is 0.220. The van der Waals surface area contributed by atoms with Crippen LogP contribution in [0.4, 0.5) is 10.5 Å². The van der Waals surface area contributed by atoms with Gasteiger partial charge in [-0.1, -0.05) is 6.07 Å². The van der Waals surface area contributed by atoms with E-state index in [0.29, 0.717) is 12.2 Å². The van der Waals surface area contributed by atoms with Crippen LogP contribution in [0.3, 0.4) is 0 Å². The third-order valence-electron chi connectivity index (χ3n) is 3.28. The average molecular weight is 329 g/mol. The molecule has 3 rings (SSSR count). The number of benzene rings is 1. The van der Waals surface area contributed by atoms with Gasteiger partial charge in [-0.25, -0.2) is 14.5 Å². The number of aromatic nitrogens is 5. The lowest BCUT2D eigenvalue weighted by Gasteiger charge is -2.18. The Kier molecular flexibility index (Phi) is 4.29. The summed E-state index contributed by atoms with van der Waals surface area (Å²) < 4.78 is 1.54. The van der Waals surface area contributed by atoms with Gasteiger partial charge in [-0.15, -0.1) is 16.4 Å². The molecule has 0 fully saturated rings. The van der Waals surface area contributed by atoms with Gasteiger partial charge in [0.15, 0.2) is 0 Å². The molecular formula is C14H15N7OS. The molecule has 0 saturated carbocycles. The van der Waals surface area contributed by atoms with Crippen molar-refractivity contribution in [2.45, 2.75) is 13.5 Å². The van der Waals surface area contributed by atoms with E-state index in [4.69, 9.17) is 0 Å². The van der Waals surface area contributed by atoms with Crippen molar-refractivity contribution >= 4 is 23.1 Å². The fraction of sp³-hybridized carbons (Fsp3) is 0.214. The minimum absolute atomic E-state index is 0.197. The van der Waals surface area contributed by atoms with Crippen LogP contribution in [0, 0.1) is 6.92 Å². The number of nitrogens with zero attached hydrogens (tertiary/aromatic N) is 6. The zero-order valence-electron chi connectivity index (χ0n) is 12.7. The molecule has 1 aromatic carbocycles. The molecule has 9 heteroatoms. The maximum absolute atomic E-state index is 12.3. The van der Waals surface area contributed by atoms with Crippen LogP contribution in [-0.4, -0.2) is 43.2 Å². The number of nitrogens with one attached hydrogen (secondary N) is 1. The monoisotopic (exact) mass is 329 g/mol. The van der Waals surface area contributed by atoms with Gasteiger partial charge in [0.1, 0.15) is 11.3 Å². The van der Waals surface area contributed by atoms with E-state index in [1.165, 1.54) is 22.3 Å². The molecule has 0 bridgehead atoms. The van der Waals surface area contributed by atoms with Gasteiger partial charge in [0, 0.05) is 24.3 Å². The standard InChI is InChI=1S/C14H15N7OS/c1-10-3-4-11(21-9-16-18-19-21)7-12(10)17-14(22)20(2)8-13-15-5-6-23-13/h3-7,9H,8H2,1-2H3,(H,17,22). The van der Waals surface area contributed by atoms with Crippen molar-refractivity contribution in [2.24, 2.45) is 0 Å². The molecule has 23 heavy (non-hydrogen) atoms. The van der Waals surface area contributed by atoms with E-state index in [2.05, 4.69) is 25.8 Å². The van der Waals surface area contributed by atoms with Gasteiger partial charge in [0.25, 0.3) is 0 Å². The summed E-state index contributed by atoms with van der Waals surface area (Å²) in [5, 5.41) is 16.8. The van der Waals surface area contributed by atoms with Crippen molar-refractivity contribution < 1.29 is 4.79 Å². The Balaban J connectivity index is 1.74. The number of aryl methyl sites for hydroxylation is 1. The maximum atomic E-state index is 12.3. The molecule has 0 atom stereocenters. The molecule has 0 radical (unpaired) electrons. The number of hydrogen-bond acceptors (Lipinski definition) is 6. The highest BCUT2D eigenvalue weighted by atomic mass is 32.1. The molecule has 1 N–H and O–H groups in total. The highest BCUT2D eigenvalue weighted by Crippen LogP contribution is 2.19. The van der Waals surface area contributed by atoms with Crippen molar-refractivity contribution in [2.75, 3.05) is 12.4 Å². The van der Waals surface area contributed by atoms with Gasteiger partial charge in [0.05, 0.1) is 12.2 Å². The Morgan fingerprint density at radius 2 is 2.30 bits per heavy atom. The normalized spacial score (nSPS) is 10.5. The molecule has 8 nitrogen and oxygen atoms in total. The Labute approximate surface area is 136 Å². The molecule has 2 amide bonds. The minimum Gasteiger partial charge on any atom is -0.321 e. The van der Waals surface area contributed by atoms with Crippen molar-refractivity contribution in [3.8, 4) is 5.69 Å². The molecule has 0 aliphatic carbocycles. The highest BCUT2D eigenvalue weighted by molar-refractivity contribution is 7.09. The van der Waals surface area contributed by atoms with E-state index in [1.807, 2.05) is 30.5 Å². The molecule has 3 aromatic rings. The van der Waals surface area contributed by atoms with E-state index < -0.39 is 0 Å². The first-order chi connectivity index (χ1) is 11.1. The van der Waals surface area contributed by atoms with Crippen LogP contribution in [0.2, 0.25) is 0 Å². The highest BCUT2D eigenvalue weighted by Gasteiger charge is 2.12. The molecule has 2 heterocycles. The van der Waals surface area contributed by atoms with Gasteiger partial charge in [-0.2, -0.15) is 0 Å². The lowest BCUT2D eigenvalue weighted by atomic mass is 10.2. The van der Waals surface area contributed by atoms with E-state index in [9.17, 15) is 4.79 Å². The number of anilines is 1. The zero-order valence-corrected chi connectivity index (χ0v) is 13.5. The van der Waals surface area contributed by atoms with Crippen molar-refractivity contribution in [1.82, 2.24) is 30.1 Å². The van der Waals surface area contributed by atoms with Gasteiger partial charge in [0.2, 0.25) is 0 Å². The summed E-state index contributed by atoms with van der Waals surface area (Å²) in [6.07, 6.45) is 3.23. The third-order valence-corrected chi connectivity index (χ3v) is 4.04. The van der Waals surface area contributed by atoms with Gasteiger partial charge in [-0.3, -0.25) is 0 Å². The number of carbonyl (C=O) groups excluding carboxylic acids is 1. The van der Waals surface area contributed by atoms with Crippen molar-refractivity contribution in [3.05, 3.63) is 46.7 Å². The molecular weight excluding hydrogens is 314 g/mol. The molecule has 0 saturated heterocycles. The molecule has 0 aliphatic rings. The van der Waals surface area contributed by atoms with Crippen LogP contribution in [0.1, 0.15) is 10.6 Å². The van der Waals surface area contributed by atoms with Crippen LogP contribution in [-0.2, 0) is 6.54 Å². The number of rotatable bonds is 4. The molecule has 0 aliphatic heterocycles. The predicted octanol–water partition coefficient (Wildman–Crippen LogP) is 2.09. The van der Waals surface area contributed by atoms with Crippen LogP contribution >= 0.6 is 11.3 Å². The molecule has 2 aromatic heterocycles. The Hall–Kier alpha value is -2.81. The summed E-state index contributed by atoms with van der Waals surface area (Å²) in [6, 6.07) is 5.44. The summed E-state index contributed by atoms with van der Waals surface area (Å²) in [5.74, 6) is 0. The predicted molar refractivity (Wildman–Crippen MR) is 86.5 cm³/mol. The largest absolute Gasteiger partial charge is 0.321 e. The Morgan fingerprint density at radius 3 is 3.00 bits per heavy atom. The maximum Gasteiger partial charge on any atom is 0.321 e. The summed E-state index contributed by atoms with van der Waals surface area (Å²) in [5.41, 5.74) is 2.45. The second kappa shape index (κ2) is 6.53. The summed E-state index contributed by atoms with van der Waals surface area (Å²) in [4.78, 5) is 18.1. The van der Waals surface area contributed by atoms with E-state index in [1.54, 1.807) is 18.1 Å². The fourth-order valence-corrected chi connectivity index (χ4v) is 2.65. The Bertz CT molecular complexity index is 786. The number of carbonyl (C=O) groups is 1. The molecule has 0 spiro atoms. The van der Waals surface area contributed by atoms with Gasteiger partial charge in [-0.05, 0) is 35.0 Å².